The van der Waals surface area contributed by atoms with Crippen LogP contribution in [0.25, 0.3) is 0 Å². The molecule has 5 atom stereocenters. The van der Waals surface area contributed by atoms with Gasteiger partial charge in [0, 0.05) is 0 Å². The molecule has 5 rings (SSSR count). The first-order valence-corrected chi connectivity index (χ1v) is 12.3. The standard InChI is InChI=1S/C25H27NO6S/c1-25(2)31-20-18(14-29-13-15-9-5-4-6-10-15)30-24(33-3)19(21(20)32-25)26-22(27)16-11-7-8-12-17(16)23(26)28/h4-12,18-21,24H,13-14H2,1-3H3/t18-,19-,20+,21-,24+/m1/s1. The highest BCUT2D eigenvalue weighted by atomic mass is 32.2. The number of hydrogen-bond donors (Lipinski definition) is 0. The van der Waals surface area contributed by atoms with E-state index in [2.05, 4.69) is 0 Å². The number of nitrogens with zero attached hydrogens (tertiary/aromatic N) is 1. The molecule has 2 aromatic rings. The molecule has 8 heteroatoms. The van der Waals surface area contributed by atoms with Gasteiger partial charge in [0.05, 0.1) is 24.3 Å². The third kappa shape index (κ3) is 4.11. The summed E-state index contributed by atoms with van der Waals surface area (Å²) in [4.78, 5) is 27.8. The highest BCUT2D eigenvalue weighted by Gasteiger charge is 2.59. The number of carbonyl (C=O) groups is 2. The van der Waals surface area contributed by atoms with E-state index in [9.17, 15) is 9.59 Å². The topological polar surface area (TPSA) is 74.3 Å². The van der Waals surface area contributed by atoms with E-state index >= 15 is 0 Å². The molecular formula is C25H27NO6S. The lowest BCUT2D eigenvalue weighted by Crippen LogP contribution is -2.63. The molecule has 3 aliphatic rings. The number of imide groups is 1. The summed E-state index contributed by atoms with van der Waals surface area (Å²) in [7, 11) is 0. The molecule has 3 heterocycles. The zero-order valence-electron chi connectivity index (χ0n) is 18.8. The first-order chi connectivity index (χ1) is 15.9. The zero-order chi connectivity index (χ0) is 23.2. The molecule has 0 unspecified atom stereocenters. The minimum absolute atomic E-state index is 0.307. The van der Waals surface area contributed by atoms with Crippen LogP contribution in [0.1, 0.15) is 40.1 Å². The Morgan fingerprint density at radius 3 is 2.18 bits per heavy atom. The second-order valence-electron chi connectivity index (χ2n) is 8.86. The van der Waals surface area contributed by atoms with Crippen molar-refractivity contribution in [3.05, 3.63) is 71.3 Å². The lowest BCUT2D eigenvalue weighted by Gasteiger charge is -2.44. The average molecular weight is 470 g/mol. The van der Waals surface area contributed by atoms with Crippen LogP contribution in [-0.2, 0) is 25.6 Å². The number of thioether (sulfide) groups is 1. The van der Waals surface area contributed by atoms with Crippen LogP contribution in [0, 0.1) is 0 Å². The summed E-state index contributed by atoms with van der Waals surface area (Å²) in [6.07, 6.45) is 0.496. The van der Waals surface area contributed by atoms with E-state index < -0.39 is 35.6 Å². The Morgan fingerprint density at radius 1 is 0.939 bits per heavy atom. The van der Waals surface area contributed by atoms with E-state index in [1.807, 2.05) is 50.4 Å². The second kappa shape index (κ2) is 8.85. The largest absolute Gasteiger partial charge is 0.374 e. The third-order valence-corrected chi connectivity index (χ3v) is 7.06. The Morgan fingerprint density at radius 2 is 1.55 bits per heavy atom. The zero-order valence-corrected chi connectivity index (χ0v) is 19.6. The molecule has 7 nitrogen and oxygen atoms in total. The Balaban J connectivity index is 1.39. The predicted octanol–water partition coefficient (Wildman–Crippen LogP) is 3.48. The van der Waals surface area contributed by atoms with E-state index in [-0.39, 0.29) is 11.8 Å². The molecule has 0 spiro atoms. The minimum Gasteiger partial charge on any atom is -0.374 e. The normalized spacial score (nSPS) is 30.4. The first-order valence-electron chi connectivity index (χ1n) is 11.0. The maximum absolute atomic E-state index is 13.2. The number of amides is 2. The van der Waals surface area contributed by atoms with Gasteiger partial charge >= 0.3 is 0 Å². The van der Waals surface area contributed by atoms with Crippen molar-refractivity contribution in [3.8, 4) is 0 Å². The Labute approximate surface area is 197 Å². The summed E-state index contributed by atoms with van der Waals surface area (Å²) in [5, 5.41) is 0. The lowest BCUT2D eigenvalue weighted by molar-refractivity contribution is -0.164. The number of fused-ring (bicyclic) bond motifs is 2. The molecule has 2 aromatic carbocycles. The van der Waals surface area contributed by atoms with Crippen LogP contribution in [0.3, 0.4) is 0 Å². The third-order valence-electron chi connectivity index (χ3n) is 6.20. The summed E-state index contributed by atoms with van der Waals surface area (Å²) in [6.45, 7) is 4.43. The predicted molar refractivity (Wildman–Crippen MR) is 123 cm³/mol. The van der Waals surface area contributed by atoms with Crippen molar-refractivity contribution in [2.45, 2.75) is 56.0 Å². The molecule has 174 valence electrons. The second-order valence-corrected chi connectivity index (χ2v) is 9.80. The Bertz CT molecular complexity index is 1010. The van der Waals surface area contributed by atoms with Gasteiger partial charge in [-0.05, 0) is 37.8 Å². The molecule has 0 aromatic heterocycles. The molecule has 0 saturated carbocycles. The van der Waals surface area contributed by atoms with Gasteiger partial charge < -0.3 is 18.9 Å². The van der Waals surface area contributed by atoms with Gasteiger partial charge in [0.15, 0.2) is 5.79 Å². The summed E-state index contributed by atoms with van der Waals surface area (Å²) in [5.41, 5.74) is 1.41. The van der Waals surface area contributed by atoms with Crippen LogP contribution in [-0.4, -0.2) is 65.2 Å². The maximum atomic E-state index is 13.2. The van der Waals surface area contributed by atoms with Crippen molar-refractivity contribution >= 4 is 23.6 Å². The molecule has 0 bridgehead atoms. The van der Waals surface area contributed by atoms with Crippen molar-refractivity contribution in [2.24, 2.45) is 0 Å². The van der Waals surface area contributed by atoms with Crippen molar-refractivity contribution in [1.82, 2.24) is 4.90 Å². The number of ether oxygens (including phenoxy) is 4. The molecule has 33 heavy (non-hydrogen) atoms. The van der Waals surface area contributed by atoms with Gasteiger partial charge in [0.1, 0.15) is 29.8 Å². The summed E-state index contributed by atoms with van der Waals surface area (Å²) in [5.74, 6) is -1.52. The molecule has 2 saturated heterocycles. The van der Waals surface area contributed by atoms with Gasteiger partial charge in [-0.3, -0.25) is 14.5 Å². The number of hydrogen-bond acceptors (Lipinski definition) is 7. The molecule has 3 aliphatic heterocycles. The highest BCUT2D eigenvalue weighted by Crippen LogP contribution is 2.43. The van der Waals surface area contributed by atoms with Gasteiger partial charge in [-0.25, -0.2) is 0 Å². The quantitative estimate of drug-likeness (QED) is 0.600. The van der Waals surface area contributed by atoms with Gasteiger partial charge in [-0.2, -0.15) is 0 Å². The molecular weight excluding hydrogens is 442 g/mol. The van der Waals surface area contributed by atoms with Crippen LogP contribution >= 0.6 is 11.8 Å². The van der Waals surface area contributed by atoms with Crippen LogP contribution in [0.2, 0.25) is 0 Å². The first kappa shape index (κ1) is 22.6. The molecule has 0 N–H and O–H groups in total. The van der Waals surface area contributed by atoms with Crippen molar-refractivity contribution < 1.29 is 28.5 Å². The fraction of sp³-hybridized carbons (Fsp3) is 0.440. The van der Waals surface area contributed by atoms with Crippen molar-refractivity contribution in [3.63, 3.8) is 0 Å². The molecule has 2 fully saturated rings. The summed E-state index contributed by atoms with van der Waals surface area (Å²) < 4.78 is 24.8. The summed E-state index contributed by atoms with van der Waals surface area (Å²) >= 11 is 1.45. The minimum atomic E-state index is -0.874. The molecule has 2 amide bonds. The number of rotatable bonds is 6. The van der Waals surface area contributed by atoms with Gasteiger partial charge in [0.2, 0.25) is 0 Å². The van der Waals surface area contributed by atoms with Crippen LogP contribution in [0.5, 0.6) is 0 Å². The molecule has 0 radical (unpaired) electrons. The van der Waals surface area contributed by atoms with Gasteiger partial charge in [0.25, 0.3) is 11.8 Å². The van der Waals surface area contributed by atoms with Gasteiger partial charge in [-0.1, -0.05) is 42.5 Å². The van der Waals surface area contributed by atoms with E-state index in [4.69, 9.17) is 18.9 Å². The number of carbonyl (C=O) groups excluding carboxylic acids is 2. The maximum Gasteiger partial charge on any atom is 0.262 e. The fourth-order valence-corrected chi connectivity index (χ4v) is 5.61. The van der Waals surface area contributed by atoms with Crippen LogP contribution in [0.15, 0.2) is 54.6 Å². The summed E-state index contributed by atoms with van der Waals surface area (Å²) in [6, 6.07) is 16.2. The van der Waals surface area contributed by atoms with Gasteiger partial charge in [-0.15, -0.1) is 11.8 Å². The Hall–Kier alpha value is -2.23. The fourth-order valence-electron chi connectivity index (χ4n) is 4.80. The SMILES string of the molecule is CS[C@@H]1O[C@H](COCc2ccccc2)[C@@H]2OC(C)(C)O[C@@H]2[C@H]1N1C(=O)c2ccccc2C1=O. The van der Waals surface area contributed by atoms with Crippen molar-refractivity contribution in [1.29, 1.82) is 0 Å². The lowest BCUT2D eigenvalue weighted by atomic mass is 9.97. The van der Waals surface area contributed by atoms with Crippen LogP contribution < -0.4 is 0 Å². The van der Waals surface area contributed by atoms with Crippen molar-refractivity contribution in [2.75, 3.05) is 12.9 Å². The average Bonchev–Trinajstić information content (AvgIpc) is 3.27. The molecule has 0 aliphatic carbocycles. The van der Waals surface area contributed by atoms with E-state index in [1.165, 1.54) is 16.7 Å². The monoisotopic (exact) mass is 469 g/mol. The Kier molecular flexibility index (Phi) is 6.05. The van der Waals surface area contributed by atoms with E-state index in [0.717, 1.165) is 5.56 Å². The van der Waals surface area contributed by atoms with Crippen LogP contribution in [0.4, 0.5) is 0 Å². The highest BCUT2D eigenvalue weighted by molar-refractivity contribution is 7.99. The van der Waals surface area contributed by atoms with E-state index in [1.54, 1.807) is 24.3 Å². The smallest absolute Gasteiger partial charge is 0.262 e. The van der Waals surface area contributed by atoms with E-state index in [0.29, 0.717) is 24.3 Å². The number of benzene rings is 2.